The van der Waals surface area contributed by atoms with Gasteiger partial charge in [0.25, 0.3) is 0 Å². The van der Waals surface area contributed by atoms with Crippen LogP contribution in [-0.2, 0) is 32.1 Å². The number of nitrogens with one attached hydrogen (secondary N) is 2. The van der Waals surface area contributed by atoms with Crippen LogP contribution in [0.4, 0.5) is 4.79 Å². The highest BCUT2D eigenvalue weighted by atomic mass is 16.5. The topological polar surface area (TPSA) is 93.7 Å². The van der Waals surface area contributed by atoms with Gasteiger partial charge in [-0.3, -0.25) is 4.79 Å². The minimum absolute atomic E-state index is 0.0882. The Hall–Kier alpha value is -3.35. The van der Waals surface area contributed by atoms with Crippen molar-refractivity contribution in [1.82, 2.24) is 10.6 Å². The molecule has 148 valence electrons. The highest BCUT2D eigenvalue weighted by molar-refractivity contribution is 5.89. The highest BCUT2D eigenvalue weighted by Gasteiger charge is 2.25. The van der Waals surface area contributed by atoms with Gasteiger partial charge in [0, 0.05) is 6.42 Å². The Labute approximate surface area is 164 Å². The van der Waals surface area contributed by atoms with E-state index in [1.54, 1.807) is 0 Å². The van der Waals surface area contributed by atoms with Crippen molar-refractivity contribution in [2.45, 2.75) is 32.0 Å². The summed E-state index contributed by atoms with van der Waals surface area (Å²) in [7, 11) is 1.24. The van der Waals surface area contributed by atoms with E-state index in [0.29, 0.717) is 0 Å². The van der Waals surface area contributed by atoms with E-state index < -0.39 is 30.1 Å². The third-order valence-electron chi connectivity index (χ3n) is 4.02. The monoisotopic (exact) mass is 384 g/mol. The maximum absolute atomic E-state index is 12.6. The molecular formula is C21H24N2O5. The number of hydrogen-bond donors (Lipinski definition) is 2. The molecule has 7 nitrogen and oxygen atoms in total. The summed E-state index contributed by atoms with van der Waals surface area (Å²) in [5.74, 6) is -1.07. The number of alkyl carbamates (subject to hydrolysis) is 1. The van der Waals surface area contributed by atoms with Gasteiger partial charge < -0.3 is 20.1 Å². The highest BCUT2D eigenvalue weighted by Crippen LogP contribution is 2.06. The molecule has 0 aliphatic carbocycles. The first-order valence-electron chi connectivity index (χ1n) is 8.89. The van der Waals surface area contributed by atoms with Crippen molar-refractivity contribution < 1.29 is 23.9 Å². The summed E-state index contributed by atoms with van der Waals surface area (Å²) in [6.07, 6.45) is -0.466. The molecule has 0 saturated carbocycles. The van der Waals surface area contributed by atoms with Crippen molar-refractivity contribution in [1.29, 1.82) is 0 Å². The SMILES string of the molecule is COC(=O)[C@@H](C)NC(=O)[C@@H](Cc1ccccc1)NC(=O)OCc1ccccc1. The van der Waals surface area contributed by atoms with Gasteiger partial charge in [-0.25, -0.2) is 9.59 Å². The zero-order chi connectivity index (χ0) is 20.4. The lowest BCUT2D eigenvalue weighted by molar-refractivity contribution is -0.144. The van der Waals surface area contributed by atoms with Crippen LogP contribution >= 0.6 is 0 Å². The molecule has 0 aromatic heterocycles. The summed E-state index contributed by atoms with van der Waals surface area (Å²) in [5.41, 5.74) is 1.69. The number of methoxy groups -OCH3 is 1. The molecule has 0 bridgehead atoms. The number of benzene rings is 2. The number of carbonyl (C=O) groups is 3. The number of amides is 2. The lowest BCUT2D eigenvalue weighted by atomic mass is 10.1. The summed E-state index contributed by atoms with van der Waals surface area (Å²) in [4.78, 5) is 36.4. The molecule has 2 aromatic rings. The second-order valence-corrected chi connectivity index (χ2v) is 6.20. The van der Waals surface area contributed by atoms with Gasteiger partial charge in [-0.1, -0.05) is 60.7 Å². The van der Waals surface area contributed by atoms with Crippen LogP contribution in [0.5, 0.6) is 0 Å². The van der Waals surface area contributed by atoms with Crippen LogP contribution < -0.4 is 10.6 Å². The van der Waals surface area contributed by atoms with Gasteiger partial charge in [0.2, 0.25) is 5.91 Å². The van der Waals surface area contributed by atoms with Gasteiger partial charge in [-0.2, -0.15) is 0 Å². The quantitative estimate of drug-likeness (QED) is 0.681. The van der Waals surface area contributed by atoms with E-state index >= 15 is 0 Å². The number of carbonyl (C=O) groups excluding carboxylic acids is 3. The second-order valence-electron chi connectivity index (χ2n) is 6.20. The fourth-order valence-electron chi connectivity index (χ4n) is 2.52. The van der Waals surface area contributed by atoms with E-state index in [1.807, 2.05) is 60.7 Å². The molecular weight excluding hydrogens is 360 g/mol. The van der Waals surface area contributed by atoms with E-state index in [1.165, 1.54) is 14.0 Å². The Bertz CT molecular complexity index is 780. The van der Waals surface area contributed by atoms with E-state index in [4.69, 9.17) is 4.74 Å². The Morgan fingerprint density at radius 1 is 0.893 bits per heavy atom. The Morgan fingerprint density at radius 3 is 2.04 bits per heavy atom. The third kappa shape index (κ3) is 6.75. The van der Waals surface area contributed by atoms with Crippen LogP contribution in [0.1, 0.15) is 18.1 Å². The van der Waals surface area contributed by atoms with Crippen molar-refractivity contribution >= 4 is 18.0 Å². The molecule has 2 aromatic carbocycles. The molecule has 0 unspecified atom stereocenters. The molecule has 2 amide bonds. The molecule has 0 saturated heterocycles. The van der Waals surface area contributed by atoms with Gasteiger partial charge in [0.05, 0.1) is 7.11 Å². The summed E-state index contributed by atoms with van der Waals surface area (Å²) in [6.45, 7) is 1.60. The normalized spacial score (nSPS) is 12.4. The van der Waals surface area contributed by atoms with Crippen LogP contribution in [0.3, 0.4) is 0 Å². The zero-order valence-corrected chi connectivity index (χ0v) is 15.9. The van der Waals surface area contributed by atoms with Crippen molar-refractivity contribution in [3.63, 3.8) is 0 Å². The molecule has 0 heterocycles. The fourth-order valence-corrected chi connectivity index (χ4v) is 2.52. The smallest absolute Gasteiger partial charge is 0.408 e. The average molecular weight is 384 g/mol. The third-order valence-corrected chi connectivity index (χ3v) is 4.02. The molecule has 0 fully saturated rings. The maximum Gasteiger partial charge on any atom is 0.408 e. The van der Waals surface area contributed by atoms with Crippen molar-refractivity contribution in [3.8, 4) is 0 Å². The van der Waals surface area contributed by atoms with Gasteiger partial charge in [-0.05, 0) is 18.1 Å². The van der Waals surface area contributed by atoms with Crippen molar-refractivity contribution in [3.05, 3.63) is 71.8 Å². The lowest BCUT2D eigenvalue weighted by Crippen LogP contribution is -2.52. The van der Waals surface area contributed by atoms with E-state index in [2.05, 4.69) is 15.4 Å². The zero-order valence-electron chi connectivity index (χ0n) is 15.9. The summed E-state index contributed by atoms with van der Waals surface area (Å²) < 4.78 is 9.81. The Balaban J connectivity index is 2.01. The number of hydrogen-bond acceptors (Lipinski definition) is 5. The predicted molar refractivity (Wildman–Crippen MR) is 103 cm³/mol. The first kappa shape index (κ1) is 21.0. The molecule has 2 rings (SSSR count). The molecule has 0 aliphatic heterocycles. The Kier molecular flexibility index (Phi) is 8.02. The van der Waals surface area contributed by atoms with Gasteiger partial charge in [0.15, 0.2) is 0 Å². The van der Waals surface area contributed by atoms with Gasteiger partial charge in [-0.15, -0.1) is 0 Å². The number of ether oxygens (including phenoxy) is 2. The average Bonchev–Trinajstić information content (AvgIpc) is 2.72. The van der Waals surface area contributed by atoms with Crippen LogP contribution in [0.2, 0.25) is 0 Å². The van der Waals surface area contributed by atoms with Crippen LogP contribution in [0.15, 0.2) is 60.7 Å². The number of esters is 1. The molecule has 2 atom stereocenters. The molecule has 28 heavy (non-hydrogen) atoms. The van der Waals surface area contributed by atoms with E-state index in [0.717, 1.165) is 11.1 Å². The summed E-state index contributed by atoms with van der Waals surface area (Å²) in [5, 5.41) is 5.12. The fraction of sp³-hybridized carbons (Fsp3) is 0.286. The van der Waals surface area contributed by atoms with Crippen LogP contribution in [0, 0.1) is 0 Å². The first-order valence-corrected chi connectivity index (χ1v) is 8.89. The standard InChI is InChI=1S/C21H24N2O5/c1-15(20(25)27-2)22-19(24)18(13-16-9-5-3-6-10-16)23-21(26)28-14-17-11-7-4-8-12-17/h3-12,15,18H,13-14H2,1-2H3,(H,22,24)(H,23,26)/t15-,18-/m1/s1. The van der Waals surface area contributed by atoms with Gasteiger partial charge in [0.1, 0.15) is 18.7 Å². The molecule has 2 N–H and O–H groups in total. The second kappa shape index (κ2) is 10.7. The molecule has 0 radical (unpaired) electrons. The Morgan fingerprint density at radius 2 is 1.46 bits per heavy atom. The minimum atomic E-state index is -0.905. The summed E-state index contributed by atoms with van der Waals surface area (Å²) in [6, 6.07) is 16.7. The predicted octanol–water partition coefficient (Wildman–Crippen LogP) is 2.20. The van der Waals surface area contributed by atoms with Crippen LogP contribution in [0.25, 0.3) is 0 Å². The van der Waals surface area contributed by atoms with Crippen LogP contribution in [-0.4, -0.2) is 37.2 Å². The maximum atomic E-state index is 12.6. The van der Waals surface area contributed by atoms with Crippen molar-refractivity contribution in [2.75, 3.05) is 7.11 Å². The van der Waals surface area contributed by atoms with Gasteiger partial charge >= 0.3 is 12.1 Å². The van der Waals surface area contributed by atoms with E-state index in [-0.39, 0.29) is 13.0 Å². The molecule has 0 spiro atoms. The largest absolute Gasteiger partial charge is 0.467 e. The van der Waals surface area contributed by atoms with E-state index in [9.17, 15) is 14.4 Å². The molecule has 0 aliphatic rings. The molecule has 7 heteroatoms. The number of rotatable bonds is 8. The first-order chi connectivity index (χ1) is 13.5. The lowest BCUT2D eigenvalue weighted by Gasteiger charge is -2.20. The van der Waals surface area contributed by atoms with Crippen molar-refractivity contribution in [2.24, 2.45) is 0 Å². The summed E-state index contributed by atoms with van der Waals surface area (Å²) >= 11 is 0. The minimum Gasteiger partial charge on any atom is -0.467 e.